The Morgan fingerprint density at radius 1 is 1.14 bits per heavy atom. The van der Waals surface area contributed by atoms with Gasteiger partial charge < -0.3 is 16.0 Å². The van der Waals surface area contributed by atoms with Crippen LogP contribution in [0.1, 0.15) is 45.9 Å². The van der Waals surface area contributed by atoms with Crippen molar-refractivity contribution in [2.24, 2.45) is 0 Å². The molecule has 0 bridgehead atoms. The molecule has 3 aromatic rings. The predicted octanol–water partition coefficient (Wildman–Crippen LogP) is 4.98. The van der Waals surface area contributed by atoms with E-state index < -0.39 is 40.3 Å². The molecule has 0 unspecified atom stereocenters. The van der Waals surface area contributed by atoms with Gasteiger partial charge in [-0.2, -0.15) is 8.78 Å². The number of carbonyl (C=O) groups is 2. The van der Waals surface area contributed by atoms with E-state index in [1.165, 1.54) is 19.1 Å². The van der Waals surface area contributed by atoms with Crippen LogP contribution in [0, 0.1) is 18.6 Å². The summed E-state index contributed by atoms with van der Waals surface area (Å²) >= 11 is 1.11. The summed E-state index contributed by atoms with van der Waals surface area (Å²) in [5, 5.41) is 2.72. The van der Waals surface area contributed by atoms with Crippen molar-refractivity contribution < 1.29 is 27.2 Å². The van der Waals surface area contributed by atoms with Gasteiger partial charge in [0, 0.05) is 28.1 Å². The molecule has 1 aliphatic rings. The number of aryl methyl sites for hydroxylation is 1. The van der Waals surface area contributed by atoms with Crippen LogP contribution in [-0.2, 0) is 22.7 Å². The molecule has 3 N–H and O–H groups in total. The van der Waals surface area contributed by atoms with Crippen LogP contribution in [0.3, 0.4) is 0 Å². The molecule has 2 heterocycles. The lowest BCUT2D eigenvalue weighted by Gasteiger charge is -2.38. The zero-order valence-corrected chi connectivity index (χ0v) is 19.9. The molecule has 0 spiro atoms. The highest BCUT2D eigenvalue weighted by Crippen LogP contribution is 2.40. The minimum atomic E-state index is -4.24. The van der Waals surface area contributed by atoms with Crippen molar-refractivity contribution in [2.45, 2.75) is 38.7 Å². The molecule has 0 radical (unpaired) electrons. The van der Waals surface area contributed by atoms with Gasteiger partial charge in [-0.05, 0) is 48.9 Å². The number of rotatable bonds is 4. The first-order chi connectivity index (χ1) is 16.3. The molecule has 1 aliphatic heterocycles. The number of anilines is 2. The Balaban J connectivity index is 1.61. The number of thiazole rings is 1. The quantitative estimate of drug-likeness (QED) is 0.489. The highest BCUT2D eigenvalue weighted by molar-refractivity contribution is 7.15. The third-order valence-electron chi connectivity index (χ3n) is 5.81. The normalized spacial score (nSPS) is 15.0. The molecule has 0 saturated heterocycles. The molecule has 4 rings (SSSR count). The van der Waals surface area contributed by atoms with E-state index in [0.29, 0.717) is 22.7 Å². The number of halogens is 4. The number of carbonyl (C=O) groups excluding carboxylic acids is 2. The molecular weight excluding hydrogens is 484 g/mol. The zero-order valence-electron chi connectivity index (χ0n) is 19.1. The maximum absolute atomic E-state index is 15.4. The van der Waals surface area contributed by atoms with Gasteiger partial charge >= 0.3 is 5.92 Å². The second kappa shape index (κ2) is 8.63. The number of fused-ring (bicyclic) bond motifs is 1. The van der Waals surface area contributed by atoms with Gasteiger partial charge in [-0.25, -0.2) is 13.8 Å². The summed E-state index contributed by atoms with van der Waals surface area (Å²) in [6, 6.07) is 6.22. The smallest absolute Gasteiger partial charge is 0.352 e. The van der Waals surface area contributed by atoms with Gasteiger partial charge in [-0.15, -0.1) is 11.3 Å². The van der Waals surface area contributed by atoms with Gasteiger partial charge in [0.25, 0.3) is 11.8 Å². The molecule has 11 heteroatoms. The van der Waals surface area contributed by atoms with Gasteiger partial charge in [0.1, 0.15) is 11.6 Å². The number of amides is 2. The summed E-state index contributed by atoms with van der Waals surface area (Å²) in [4.78, 5) is 31.4. The van der Waals surface area contributed by atoms with Gasteiger partial charge in [-0.1, -0.05) is 13.8 Å². The van der Waals surface area contributed by atoms with E-state index in [-0.39, 0.29) is 35.0 Å². The molecule has 0 atom stereocenters. The Labute approximate surface area is 202 Å². The van der Waals surface area contributed by atoms with E-state index in [0.717, 1.165) is 28.4 Å². The Hall–Kier alpha value is -3.47. The Kier molecular flexibility index (Phi) is 6.08. The standard InChI is InChI=1S/C24H22F4N4O2S/c1-12-8-14(5-7-16(12)25)30-20(33)13-4-6-17(26)15(9-13)24(27,28)21(34)32-10-18-19(23(2,3)11-32)31-22(29)35-18/h4-9H,10-11H2,1-3H3,(H2,29,31)(H,30,33). The van der Waals surface area contributed by atoms with Crippen LogP contribution in [0.15, 0.2) is 36.4 Å². The zero-order chi connectivity index (χ0) is 25.7. The predicted molar refractivity (Wildman–Crippen MR) is 124 cm³/mol. The number of benzene rings is 2. The number of alkyl halides is 2. The van der Waals surface area contributed by atoms with E-state index in [9.17, 15) is 18.4 Å². The second-order valence-electron chi connectivity index (χ2n) is 9.06. The SMILES string of the molecule is Cc1cc(NC(=O)c2ccc(F)c(C(F)(F)C(=O)N3Cc4sc(N)nc4C(C)(C)C3)c2)ccc1F. The molecule has 0 aliphatic carbocycles. The number of nitrogens with one attached hydrogen (secondary N) is 1. The molecule has 1 aromatic heterocycles. The largest absolute Gasteiger partial charge is 0.375 e. The van der Waals surface area contributed by atoms with Crippen molar-refractivity contribution >= 4 is 34.0 Å². The summed E-state index contributed by atoms with van der Waals surface area (Å²) in [7, 11) is 0. The maximum Gasteiger partial charge on any atom is 0.352 e. The van der Waals surface area contributed by atoms with Crippen molar-refractivity contribution in [3.63, 3.8) is 0 Å². The van der Waals surface area contributed by atoms with E-state index in [1.807, 2.05) is 0 Å². The topological polar surface area (TPSA) is 88.3 Å². The van der Waals surface area contributed by atoms with Crippen LogP contribution in [0.25, 0.3) is 0 Å². The lowest BCUT2D eigenvalue weighted by molar-refractivity contribution is -0.161. The maximum atomic E-state index is 15.4. The molecule has 6 nitrogen and oxygen atoms in total. The molecule has 0 saturated carbocycles. The van der Waals surface area contributed by atoms with E-state index in [1.54, 1.807) is 13.8 Å². The van der Waals surface area contributed by atoms with Gasteiger partial charge in [0.15, 0.2) is 5.13 Å². The number of nitrogens with two attached hydrogens (primary N) is 1. The highest BCUT2D eigenvalue weighted by atomic mass is 32.1. The highest BCUT2D eigenvalue weighted by Gasteiger charge is 2.49. The Morgan fingerprint density at radius 2 is 1.83 bits per heavy atom. The fourth-order valence-electron chi connectivity index (χ4n) is 4.08. The number of hydrogen-bond acceptors (Lipinski definition) is 5. The second-order valence-corrected chi connectivity index (χ2v) is 10.2. The number of nitrogens with zero attached hydrogens (tertiary/aromatic N) is 2. The van der Waals surface area contributed by atoms with Gasteiger partial charge in [0.2, 0.25) is 0 Å². The Morgan fingerprint density at radius 3 is 2.51 bits per heavy atom. The van der Waals surface area contributed by atoms with Crippen molar-refractivity contribution in [1.82, 2.24) is 9.88 Å². The summed E-state index contributed by atoms with van der Waals surface area (Å²) in [6.07, 6.45) is 0. The van der Waals surface area contributed by atoms with E-state index >= 15 is 8.78 Å². The molecule has 184 valence electrons. The number of nitrogen functional groups attached to an aromatic ring is 1. The molecule has 0 fully saturated rings. The third-order valence-corrected chi connectivity index (χ3v) is 6.68. The lowest BCUT2D eigenvalue weighted by atomic mass is 9.84. The van der Waals surface area contributed by atoms with Crippen molar-refractivity contribution in [3.8, 4) is 0 Å². The lowest BCUT2D eigenvalue weighted by Crippen LogP contribution is -2.49. The first-order valence-electron chi connectivity index (χ1n) is 10.6. The fraction of sp³-hybridized carbons (Fsp3) is 0.292. The summed E-state index contributed by atoms with van der Waals surface area (Å²) in [5.74, 6) is -8.44. The van der Waals surface area contributed by atoms with E-state index in [4.69, 9.17) is 5.73 Å². The molecular formula is C24H22F4N4O2S. The van der Waals surface area contributed by atoms with E-state index in [2.05, 4.69) is 10.3 Å². The van der Waals surface area contributed by atoms with Crippen molar-refractivity contribution in [1.29, 1.82) is 0 Å². The summed E-state index contributed by atoms with van der Waals surface area (Å²) in [6.45, 7) is 4.81. The third kappa shape index (κ3) is 4.60. The minimum Gasteiger partial charge on any atom is -0.375 e. The summed E-state index contributed by atoms with van der Waals surface area (Å²) < 4.78 is 58.7. The molecule has 2 aromatic carbocycles. The van der Waals surface area contributed by atoms with Gasteiger partial charge in [-0.3, -0.25) is 9.59 Å². The summed E-state index contributed by atoms with van der Waals surface area (Å²) in [5.41, 5.74) is 4.69. The van der Waals surface area contributed by atoms with Crippen LogP contribution < -0.4 is 11.1 Å². The van der Waals surface area contributed by atoms with Crippen LogP contribution >= 0.6 is 11.3 Å². The van der Waals surface area contributed by atoms with Crippen molar-refractivity contribution in [2.75, 3.05) is 17.6 Å². The first-order valence-corrected chi connectivity index (χ1v) is 11.4. The monoisotopic (exact) mass is 506 g/mol. The van der Waals surface area contributed by atoms with Crippen molar-refractivity contribution in [3.05, 3.63) is 75.3 Å². The van der Waals surface area contributed by atoms with Gasteiger partial charge in [0.05, 0.1) is 17.8 Å². The van der Waals surface area contributed by atoms with Crippen LogP contribution in [0.2, 0.25) is 0 Å². The number of hydrogen-bond donors (Lipinski definition) is 2. The number of aromatic nitrogens is 1. The molecule has 35 heavy (non-hydrogen) atoms. The van der Waals surface area contributed by atoms with Crippen LogP contribution in [-0.4, -0.2) is 28.2 Å². The van der Waals surface area contributed by atoms with Crippen LogP contribution in [0.5, 0.6) is 0 Å². The van der Waals surface area contributed by atoms with Crippen LogP contribution in [0.4, 0.5) is 28.4 Å². The average molecular weight is 507 g/mol. The minimum absolute atomic E-state index is 0.0662. The Bertz CT molecular complexity index is 1340. The fourth-order valence-corrected chi connectivity index (χ4v) is 5.11. The molecule has 2 amide bonds. The average Bonchev–Trinajstić information content (AvgIpc) is 3.17. The first kappa shape index (κ1) is 24.6.